The molecule has 2 aromatic carbocycles. The van der Waals surface area contributed by atoms with E-state index >= 15 is 0 Å². The van der Waals surface area contributed by atoms with Gasteiger partial charge in [-0.3, -0.25) is 19.0 Å². The number of carbonyl (C=O) groups is 1. The van der Waals surface area contributed by atoms with Gasteiger partial charge in [-0.05, 0) is 60.2 Å². The molecule has 1 atom stereocenters. The lowest BCUT2D eigenvalue weighted by molar-refractivity contribution is -0.130. The van der Waals surface area contributed by atoms with Crippen LogP contribution in [0.25, 0.3) is 16.1 Å². The fraction of sp³-hybridized carbons (Fsp3) is 0.200. The number of hydrogen-bond acceptors (Lipinski definition) is 7. The number of piperazine rings is 1. The number of nitrogens with zero attached hydrogens (tertiary/aromatic N) is 4. The second kappa shape index (κ2) is 12.8. The highest BCUT2D eigenvalue weighted by Gasteiger charge is 2.22. The minimum atomic E-state index is -1.07. The van der Waals surface area contributed by atoms with Gasteiger partial charge in [0.15, 0.2) is 0 Å². The summed E-state index contributed by atoms with van der Waals surface area (Å²) < 4.78 is 12.0. The van der Waals surface area contributed by atoms with Gasteiger partial charge in [-0.15, -0.1) is 11.3 Å². The Kier molecular flexibility index (Phi) is 8.96. The lowest BCUT2D eigenvalue weighted by Crippen LogP contribution is -2.48. The molecule has 2 aromatic heterocycles. The predicted octanol–water partition coefficient (Wildman–Crippen LogP) is 5.66. The van der Waals surface area contributed by atoms with Gasteiger partial charge in [0, 0.05) is 77.5 Å². The summed E-state index contributed by atoms with van der Waals surface area (Å²) >= 11 is 8.05. The molecular weight excluding hydrogens is 562 g/mol. The first kappa shape index (κ1) is 28.0. The molecule has 1 aliphatic rings. The Balaban J connectivity index is 1.37. The van der Waals surface area contributed by atoms with Crippen molar-refractivity contribution in [2.75, 3.05) is 42.3 Å². The number of aromatic nitrogens is 1. The van der Waals surface area contributed by atoms with Gasteiger partial charge in [0.2, 0.25) is 5.91 Å². The third-order valence-electron chi connectivity index (χ3n) is 6.81. The molecule has 3 heterocycles. The number of halogens is 1. The molecule has 0 radical (unpaired) electrons. The molecule has 0 spiro atoms. The topological polar surface area (TPSA) is 82.8 Å². The molecule has 1 saturated heterocycles. The number of rotatable bonds is 8. The summed E-state index contributed by atoms with van der Waals surface area (Å²) in [5, 5.41) is 2.06. The van der Waals surface area contributed by atoms with Crippen LogP contribution in [0, 0.1) is 0 Å². The van der Waals surface area contributed by atoms with E-state index in [1.165, 1.54) is 0 Å². The maximum absolute atomic E-state index is 13.3. The van der Waals surface area contributed by atoms with Crippen LogP contribution < -0.4 is 15.8 Å². The Morgan fingerprint density at radius 1 is 1.05 bits per heavy atom. The molecule has 0 aliphatic carbocycles. The number of pyridine rings is 1. The van der Waals surface area contributed by atoms with Crippen molar-refractivity contribution in [3.05, 3.63) is 101 Å². The van der Waals surface area contributed by atoms with Gasteiger partial charge in [-0.2, -0.15) is 0 Å². The Bertz CT molecular complexity index is 1530. The molecule has 1 fully saturated rings. The van der Waals surface area contributed by atoms with E-state index in [1.54, 1.807) is 41.1 Å². The van der Waals surface area contributed by atoms with E-state index in [1.807, 2.05) is 77.7 Å². The number of nitrogens with two attached hydrogens (primary N) is 1. The lowest BCUT2D eigenvalue weighted by atomic mass is 10.2. The highest BCUT2D eigenvalue weighted by Crippen LogP contribution is 2.36. The Labute approximate surface area is 245 Å². The summed E-state index contributed by atoms with van der Waals surface area (Å²) in [6, 6.07) is 23.1. The van der Waals surface area contributed by atoms with Gasteiger partial charge in [-0.1, -0.05) is 35.9 Å². The van der Waals surface area contributed by atoms with Crippen LogP contribution in [-0.2, 0) is 15.6 Å². The second-order valence-corrected chi connectivity index (χ2v) is 12.2. The molecule has 40 heavy (non-hydrogen) atoms. The molecule has 1 amide bonds. The number of para-hydroxylation sites is 1. The van der Waals surface area contributed by atoms with Crippen molar-refractivity contribution >= 4 is 56.7 Å². The summed E-state index contributed by atoms with van der Waals surface area (Å²) in [6.07, 6.45) is 7.34. The van der Waals surface area contributed by atoms with Crippen LogP contribution in [0.5, 0.6) is 0 Å². The highest BCUT2D eigenvalue weighted by molar-refractivity contribution is 7.84. The van der Waals surface area contributed by atoms with Crippen molar-refractivity contribution in [2.24, 2.45) is 5.84 Å². The van der Waals surface area contributed by atoms with Gasteiger partial charge in [-0.25, -0.2) is 5.84 Å². The minimum absolute atomic E-state index is 0.0503. The zero-order valence-corrected chi connectivity index (χ0v) is 24.5. The Morgan fingerprint density at radius 3 is 2.52 bits per heavy atom. The summed E-state index contributed by atoms with van der Waals surface area (Å²) in [4.78, 5) is 24.2. The van der Waals surface area contributed by atoms with Crippen molar-refractivity contribution in [2.45, 2.75) is 11.3 Å². The number of hydrazine groups is 1. The Morgan fingerprint density at radius 2 is 1.80 bits per heavy atom. The van der Waals surface area contributed by atoms with E-state index in [4.69, 9.17) is 17.4 Å². The molecule has 1 aliphatic heterocycles. The van der Waals surface area contributed by atoms with Crippen molar-refractivity contribution in [1.29, 1.82) is 0 Å². The van der Waals surface area contributed by atoms with E-state index in [-0.39, 0.29) is 12.3 Å². The van der Waals surface area contributed by atoms with Crippen LogP contribution in [0.1, 0.15) is 11.3 Å². The minimum Gasteiger partial charge on any atom is -0.368 e. The van der Waals surface area contributed by atoms with Gasteiger partial charge >= 0.3 is 0 Å². The van der Waals surface area contributed by atoms with Gasteiger partial charge in [0.25, 0.3) is 0 Å². The van der Waals surface area contributed by atoms with Crippen LogP contribution in [0.4, 0.5) is 11.4 Å². The molecule has 0 bridgehead atoms. The average Bonchev–Trinajstić information content (AvgIpc) is 3.48. The van der Waals surface area contributed by atoms with Gasteiger partial charge in [0.05, 0.1) is 21.3 Å². The Hall–Kier alpha value is -3.50. The highest BCUT2D eigenvalue weighted by atomic mass is 35.5. The van der Waals surface area contributed by atoms with Gasteiger partial charge in [0.1, 0.15) is 0 Å². The maximum Gasteiger partial charge on any atom is 0.226 e. The molecule has 5 rings (SSSR count). The van der Waals surface area contributed by atoms with Crippen LogP contribution in [-0.4, -0.2) is 52.4 Å². The number of amides is 1. The smallest absolute Gasteiger partial charge is 0.226 e. The molecule has 10 heteroatoms. The predicted molar refractivity (Wildman–Crippen MR) is 166 cm³/mol. The number of hydrogen-bond donors (Lipinski definition) is 1. The van der Waals surface area contributed by atoms with Crippen LogP contribution in [0.15, 0.2) is 96.2 Å². The van der Waals surface area contributed by atoms with E-state index in [9.17, 15) is 9.00 Å². The summed E-state index contributed by atoms with van der Waals surface area (Å²) in [6.45, 7) is 2.84. The first-order valence-electron chi connectivity index (χ1n) is 12.9. The third-order valence-corrected chi connectivity index (χ3v) is 9.20. The van der Waals surface area contributed by atoms with Gasteiger partial charge < -0.3 is 9.80 Å². The quantitative estimate of drug-likeness (QED) is 0.210. The van der Waals surface area contributed by atoms with Crippen molar-refractivity contribution in [3.63, 3.8) is 0 Å². The van der Waals surface area contributed by atoms with E-state index in [0.717, 1.165) is 39.0 Å². The fourth-order valence-corrected chi connectivity index (χ4v) is 6.47. The molecule has 2 N–H and O–H groups in total. The number of thiophene rings is 1. The standard InChI is InChI=1S/C30H30ClN5O2S2/c1-40(38)24-6-4-5-22(21-24)28-10-11-29(39-28)27(36(32)26-8-3-2-7-25(26)31)9-12-30(37)35-19-17-34(18-20-35)23-13-15-33-16-14-23/h2-11,13-16,21H,12,17-20,32H2,1H3/b27-9-. The van der Waals surface area contributed by atoms with E-state index in [2.05, 4.69) is 9.88 Å². The lowest BCUT2D eigenvalue weighted by Gasteiger charge is -2.36. The van der Waals surface area contributed by atoms with Crippen LogP contribution >= 0.6 is 22.9 Å². The van der Waals surface area contributed by atoms with E-state index in [0.29, 0.717) is 29.5 Å². The normalized spacial score (nSPS) is 14.7. The molecule has 1 unspecified atom stereocenters. The summed E-state index contributed by atoms with van der Waals surface area (Å²) in [5.74, 6) is 6.69. The third kappa shape index (κ3) is 6.45. The summed E-state index contributed by atoms with van der Waals surface area (Å²) in [5.41, 5.74) is 3.44. The first-order valence-corrected chi connectivity index (χ1v) is 15.6. The molecule has 0 saturated carbocycles. The van der Waals surface area contributed by atoms with Crippen molar-refractivity contribution in [1.82, 2.24) is 9.88 Å². The van der Waals surface area contributed by atoms with E-state index < -0.39 is 10.8 Å². The molecule has 4 aromatic rings. The van der Waals surface area contributed by atoms with Crippen molar-refractivity contribution < 1.29 is 9.00 Å². The second-order valence-electron chi connectivity index (χ2n) is 9.33. The van der Waals surface area contributed by atoms with Crippen molar-refractivity contribution in [3.8, 4) is 10.4 Å². The zero-order chi connectivity index (χ0) is 28.1. The van der Waals surface area contributed by atoms with Crippen LogP contribution in [0.2, 0.25) is 5.02 Å². The summed E-state index contributed by atoms with van der Waals surface area (Å²) in [7, 11) is -1.07. The largest absolute Gasteiger partial charge is 0.368 e. The number of anilines is 2. The number of benzene rings is 2. The monoisotopic (exact) mass is 591 g/mol. The molecule has 7 nitrogen and oxygen atoms in total. The average molecular weight is 592 g/mol. The maximum atomic E-state index is 13.3. The fourth-order valence-electron chi connectivity index (χ4n) is 4.64. The molecular formula is C30H30ClN5O2S2. The zero-order valence-electron chi connectivity index (χ0n) is 22.1. The SMILES string of the molecule is CS(=O)c1cccc(-c2ccc(/C(=C/CC(=O)N3CCN(c4ccncc4)CC3)N(N)c3ccccc3Cl)s2)c1. The molecule has 206 valence electrons. The van der Waals surface area contributed by atoms with Crippen LogP contribution in [0.3, 0.4) is 0 Å². The first-order chi connectivity index (χ1) is 19.4. The number of carbonyl (C=O) groups excluding carboxylic acids is 1.